The number of aromatic amines is 1. The summed E-state index contributed by atoms with van der Waals surface area (Å²) in [6.07, 6.45) is 1.49. The molecule has 4 rings (SSSR count). The lowest BCUT2D eigenvalue weighted by Gasteiger charge is -2.19. The molecule has 3 N–H and O–H groups in total. The van der Waals surface area contributed by atoms with Gasteiger partial charge < -0.3 is 20.4 Å². The molecule has 1 atom stereocenters. The number of hydrogen-bond donors (Lipinski definition) is 3. The number of rotatable bonds is 6. The molecule has 0 spiro atoms. The van der Waals surface area contributed by atoms with Crippen LogP contribution in [0.15, 0.2) is 79.0 Å². The van der Waals surface area contributed by atoms with E-state index < -0.39 is 12.1 Å². The van der Waals surface area contributed by atoms with E-state index in [1.54, 1.807) is 24.3 Å². The van der Waals surface area contributed by atoms with Crippen molar-refractivity contribution >= 4 is 28.6 Å². The Morgan fingerprint density at radius 3 is 2.38 bits per heavy atom. The van der Waals surface area contributed by atoms with Crippen molar-refractivity contribution in [3.63, 3.8) is 0 Å². The summed E-state index contributed by atoms with van der Waals surface area (Å²) in [6, 6.07) is 21.6. The maximum absolute atomic E-state index is 13.2. The van der Waals surface area contributed by atoms with E-state index in [2.05, 4.69) is 15.6 Å². The molecule has 0 radical (unpaired) electrons. The van der Waals surface area contributed by atoms with E-state index in [1.807, 2.05) is 68.6 Å². The smallest absolute Gasteiger partial charge is 0.410 e. The quantitative estimate of drug-likeness (QED) is 0.399. The first-order chi connectivity index (χ1) is 15.5. The fourth-order valence-corrected chi connectivity index (χ4v) is 3.77. The minimum Gasteiger partial charge on any atom is -0.410 e. The molecule has 4 aromatic rings. The van der Waals surface area contributed by atoms with Crippen LogP contribution >= 0.6 is 0 Å². The van der Waals surface area contributed by atoms with Gasteiger partial charge in [-0.1, -0.05) is 42.5 Å². The van der Waals surface area contributed by atoms with Crippen LogP contribution in [-0.4, -0.2) is 23.0 Å². The average Bonchev–Trinajstić information content (AvgIpc) is 3.16. The molecule has 0 fully saturated rings. The summed E-state index contributed by atoms with van der Waals surface area (Å²) in [5.41, 5.74) is 4.69. The fraction of sp³-hybridized carbons (Fsp3) is 0.154. The molecule has 32 heavy (non-hydrogen) atoms. The molecule has 0 aliphatic carbocycles. The van der Waals surface area contributed by atoms with Crippen molar-refractivity contribution in [3.05, 3.63) is 95.7 Å². The molecule has 0 saturated carbocycles. The molecule has 0 unspecified atom stereocenters. The molecular formula is C26H25N3O3. The van der Waals surface area contributed by atoms with Gasteiger partial charge in [0.25, 0.3) is 0 Å². The van der Waals surface area contributed by atoms with Crippen molar-refractivity contribution in [2.45, 2.75) is 26.3 Å². The van der Waals surface area contributed by atoms with Gasteiger partial charge in [-0.25, -0.2) is 4.79 Å². The first-order valence-corrected chi connectivity index (χ1v) is 10.5. The number of benzene rings is 3. The number of carbonyl (C=O) groups excluding carboxylic acids is 2. The van der Waals surface area contributed by atoms with E-state index in [9.17, 15) is 9.59 Å². The highest BCUT2D eigenvalue weighted by Crippen LogP contribution is 2.20. The number of fused-ring (bicyclic) bond motifs is 1. The lowest BCUT2D eigenvalue weighted by Crippen LogP contribution is -2.46. The summed E-state index contributed by atoms with van der Waals surface area (Å²) >= 11 is 0. The monoisotopic (exact) mass is 427 g/mol. The van der Waals surface area contributed by atoms with Gasteiger partial charge in [-0.05, 0) is 60.9 Å². The number of aryl methyl sites for hydroxylation is 2. The molecule has 0 aliphatic heterocycles. The van der Waals surface area contributed by atoms with Gasteiger partial charge in [0, 0.05) is 29.2 Å². The second-order valence-electron chi connectivity index (χ2n) is 7.83. The lowest BCUT2D eigenvalue weighted by molar-refractivity contribution is -0.118. The van der Waals surface area contributed by atoms with E-state index in [0.717, 1.165) is 27.6 Å². The topological polar surface area (TPSA) is 83.2 Å². The van der Waals surface area contributed by atoms with Gasteiger partial charge in [-0.2, -0.15) is 0 Å². The Labute approximate surface area is 186 Å². The van der Waals surface area contributed by atoms with Crippen LogP contribution in [0.25, 0.3) is 10.9 Å². The number of para-hydroxylation sites is 2. The Morgan fingerprint density at radius 1 is 0.938 bits per heavy atom. The number of aromatic nitrogens is 1. The van der Waals surface area contributed by atoms with Gasteiger partial charge in [0.1, 0.15) is 11.8 Å². The fourth-order valence-electron chi connectivity index (χ4n) is 3.77. The summed E-state index contributed by atoms with van der Waals surface area (Å²) in [4.78, 5) is 29.0. The molecule has 0 aliphatic rings. The van der Waals surface area contributed by atoms with Gasteiger partial charge in [0.15, 0.2) is 0 Å². The summed E-state index contributed by atoms with van der Waals surface area (Å²) < 4.78 is 5.35. The van der Waals surface area contributed by atoms with Crippen LogP contribution in [0.5, 0.6) is 5.75 Å². The Balaban J connectivity index is 1.56. The summed E-state index contributed by atoms with van der Waals surface area (Å²) in [7, 11) is 0. The third-order valence-corrected chi connectivity index (χ3v) is 5.15. The van der Waals surface area contributed by atoms with E-state index in [0.29, 0.717) is 17.9 Å². The van der Waals surface area contributed by atoms with Gasteiger partial charge in [0.05, 0.1) is 0 Å². The molecule has 1 heterocycles. The first-order valence-electron chi connectivity index (χ1n) is 10.5. The second-order valence-corrected chi connectivity index (χ2v) is 7.83. The number of carbonyl (C=O) groups is 2. The molecular weight excluding hydrogens is 402 g/mol. The molecule has 0 bridgehead atoms. The third kappa shape index (κ3) is 5.16. The van der Waals surface area contributed by atoms with E-state index in [1.165, 1.54) is 0 Å². The number of ether oxygens (including phenoxy) is 1. The van der Waals surface area contributed by atoms with Crippen LogP contribution in [0.1, 0.15) is 16.7 Å². The van der Waals surface area contributed by atoms with Gasteiger partial charge >= 0.3 is 6.09 Å². The maximum atomic E-state index is 13.2. The van der Waals surface area contributed by atoms with Crippen molar-refractivity contribution in [3.8, 4) is 5.75 Å². The van der Waals surface area contributed by atoms with Crippen molar-refractivity contribution in [1.82, 2.24) is 10.3 Å². The Hall–Kier alpha value is -4.06. The zero-order valence-corrected chi connectivity index (χ0v) is 18.0. The summed E-state index contributed by atoms with van der Waals surface area (Å²) in [5.74, 6) is 0.0934. The zero-order chi connectivity index (χ0) is 22.5. The summed E-state index contributed by atoms with van der Waals surface area (Å²) in [5, 5.41) is 6.67. The first kappa shape index (κ1) is 21.2. The minimum atomic E-state index is -0.828. The molecule has 6 nitrogen and oxygen atoms in total. The van der Waals surface area contributed by atoms with E-state index >= 15 is 0 Å². The number of hydrogen-bond acceptors (Lipinski definition) is 3. The van der Waals surface area contributed by atoms with Gasteiger partial charge in [-0.15, -0.1) is 0 Å². The van der Waals surface area contributed by atoms with Crippen LogP contribution in [0.2, 0.25) is 0 Å². The highest BCUT2D eigenvalue weighted by molar-refractivity contribution is 5.97. The Kier molecular flexibility index (Phi) is 6.22. The highest BCUT2D eigenvalue weighted by atomic mass is 16.6. The van der Waals surface area contributed by atoms with Crippen LogP contribution in [0, 0.1) is 13.8 Å². The normalized spacial score (nSPS) is 11.7. The predicted molar refractivity (Wildman–Crippen MR) is 126 cm³/mol. The molecule has 0 saturated heterocycles. The third-order valence-electron chi connectivity index (χ3n) is 5.15. The highest BCUT2D eigenvalue weighted by Gasteiger charge is 2.24. The van der Waals surface area contributed by atoms with E-state index in [4.69, 9.17) is 4.74 Å². The molecule has 6 heteroatoms. The van der Waals surface area contributed by atoms with Crippen molar-refractivity contribution in [1.29, 1.82) is 0 Å². The minimum absolute atomic E-state index is 0.310. The van der Waals surface area contributed by atoms with Crippen molar-refractivity contribution in [2.75, 3.05) is 5.32 Å². The summed E-state index contributed by atoms with van der Waals surface area (Å²) in [6.45, 7) is 3.95. The molecule has 2 amide bonds. The van der Waals surface area contributed by atoms with Crippen LogP contribution in [0.3, 0.4) is 0 Å². The second kappa shape index (κ2) is 9.39. The predicted octanol–water partition coefficient (Wildman–Crippen LogP) is 5.12. The number of nitrogens with one attached hydrogen (secondary N) is 3. The number of anilines is 1. The van der Waals surface area contributed by atoms with Crippen LogP contribution in [0.4, 0.5) is 10.5 Å². The van der Waals surface area contributed by atoms with Crippen LogP contribution < -0.4 is 15.4 Å². The van der Waals surface area contributed by atoms with Crippen LogP contribution in [-0.2, 0) is 11.2 Å². The molecule has 3 aromatic carbocycles. The van der Waals surface area contributed by atoms with Gasteiger partial charge in [-0.3, -0.25) is 4.79 Å². The van der Waals surface area contributed by atoms with Crippen molar-refractivity contribution in [2.24, 2.45) is 0 Å². The van der Waals surface area contributed by atoms with Crippen molar-refractivity contribution < 1.29 is 14.3 Å². The number of H-pyrrole nitrogens is 1. The van der Waals surface area contributed by atoms with E-state index in [-0.39, 0.29) is 5.91 Å². The molecule has 162 valence electrons. The largest absolute Gasteiger partial charge is 0.413 e. The lowest BCUT2D eigenvalue weighted by atomic mass is 10.0. The maximum Gasteiger partial charge on any atom is 0.413 e. The Bertz CT molecular complexity index is 1230. The average molecular weight is 428 g/mol. The van der Waals surface area contributed by atoms with Gasteiger partial charge in [0.2, 0.25) is 5.91 Å². The Morgan fingerprint density at radius 2 is 1.62 bits per heavy atom. The number of amides is 2. The molecule has 1 aromatic heterocycles. The standard InChI is InChI=1S/C26H25N3O3/c1-17-12-18(2)14-20(13-17)28-25(30)24(29-26(31)32-21-8-4-3-5-9-21)15-19-16-27-23-11-7-6-10-22(19)23/h3-14,16,24,27H,15H2,1-2H3,(H,28,30)(H,29,31)/t24-/m0/s1. The zero-order valence-electron chi connectivity index (χ0n) is 18.0. The SMILES string of the molecule is Cc1cc(C)cc(NC(=O)[C@H](Cc2c[nH]c3ccccc23)NC(=O)Oc2ccccc2)c1.